The Hall–Kier alpha value is 0.0701. The summed E-state index contributed by atoms with van der Waals surface area (Å²) in [7, 11) is 0. The Kier molecular flexibility index (Phi) is 7.25. The molecule has 0 bridgehead atoms. The van der Waals surface area contributed by atoms with Gasteiger partial charge in [-0.15, -0.1) is 10.1 Å². The molecular weight excluding hydrogens is 240 g/mol. The molecular formula is HHfNO3. The third kappa shape index (κ3) is 3550. The van der Waals surface area contributed by atoms with Gasteiger partial charge in [0.15, 0.2) is 0 Å². The van der Waals surface area contributed by atoms with Gasteiger partial charge in [-0.25, -0.2) is 0 Å². The van der Waals surface area contributed by atoms with Gasteiger partial charge in [0, 0.05) is 25.8 Å². The molecule has 4 nitrogen and oxygen atoms in total. The van der Waals surface area contributed by atoms with Gasteiger partial charge in [0.05, 0.1) is 0 Å². The van der Waals surface area contributed by atoms with Crippen LogP contribution in [0.3, 0.4) is 0 Å². The Morgan fingerprint density at radius 3 is 1.80 bits per heavy atom. The van der Waals surface area contributed by atoms with E-state index in [9.17, 15) is 0 Å². The maximum Gasteiger partial charge on any atom is 0.291 e. The van der Waals surface area contributed by atoms with Gasteiger partial charge in [-0.2, -0.15) is 0 Å². The van der Waals surface area contributed by atoms with Crippen LogP contribution < -0.4 is 0 Å². The first-order valence-corrected chi connectivity index (χ1v) is 0.565. The number of rotatable bonds is 0. The van der Waals surface area contributed by atoms with Crippen molar-refractivity contribution < 1.29 is 36.1 Å². The minimum Gasteiger partial charge on any atom is -0.328 e. The fourth-order valence-electron chi connectivity index (χ4n) is 0. The summed E-state index contributed by atoms with van der Waals surface area (Å²) in [5, 5.41) is 13.6. The maximum atomic E-state index is 8.36. The third-order valence-electron chi connectivity index (χ3n) is 0. The summed E-state index contributed by atoms with van der Waals surface area (Å²) in [6, 6.07) is 0. The van der Waals surface area contributed by atoms with Crippen LogP contribution >= 0.6 is 0 Å². The second-order valence-corrected chi connectivity index (χ2v) is 0.238. The van der Waals surface area contributed by atoms with E-state index in [0.29, 0.717) is 0 Å². The summed E-state index contributed by atoms with van der Waals surface area (Å²) in [5.74, 6) is 0. The molecule has 0 aromatic rings. The van der Waals surface area contributed by atoms with Crippen LogP contribution in [0.15, 0.2) is 0 Å². The zero-order valence-corrected chi connectivity index (χ0v) is 5.80. The molecule has 0 unspecified atom stereocenters. The zero-order chi connectivity index (χ0) is 3.58. The van der Waals surface area contributed by atoms with E-state index in [2.05, 4.69) is 0 Å². The van der Waals surface area contributed by atoms with E-state index >= 15 is 0 Å². The molecule has 0 saturated heterocycles. The van der Waals surface area contributed by atoms with Gasteiger partial charge in [0.1, 0.15) is 0 Å². The van der Waals surface area contributed by atoms with Crippen LogP contribution in [0.2, 0.25) is 0 Å². The van der Waals surface area contributed by atoms with Crippen molar-refractivity contribution in [2.45, 2.75) is 0 Å². The van der Waals surface area contributed by atoms with Crippen molar-refractivity contribution in [1.29, 1.82) is 0 Å². The van der Waals surface area contributed by atoms with Crippen molar-refractivity contribution in [2.75, 3.05) is 0 Å². The molecule has 0 aliphatic heterocycles. The molecule has 0 aromatic heterocycles. The van der Waals surface area contributed by atoms with E-state index in [0.717, 1.165) is 0 Å². The van der Waals surface area contributed by atoms with Crippen LogP contribution in [0.4, 0.5) is 0 Å². The van der Waals surface area contributed by atoms with E-state index < -0.39 is 5.09 Å². The van der Waals surface area contributed by atoms with Crippen LogP contribution in [-0.4, -0.2) is 10.3 Å². The molecule has 0 radical (unpaired) electrons. The van der Waals surface area contributed by atoms with Gasteiger partial charge in [0.2, 0.25) is 0 Å². The van der Waals surface area contributed by atoms with Gasteiger partial charge >= 0.3 is 0 Å². The van der Waals surface area contributed by atoms with Gasteiger partial charge in [-0.3, -0.25) is 0 Å². The first kappa shape index (κ1) is 8.91. The minimum atomic E-state index is -1.50. The van der Waals surface area contributed by atoms with E-state index in [1.54, 1.807) is 0 Å². The van der Waals surface area contributed by atoms with Crippen LogP contribution in [-0.2, 0) is 25.8 Å². The Labute approximate surface area is 46.7 Å². The largest absolute Gasteiger partial charge is 0.328 e. The summed E-state index contributed by atoms with van der Waals surface area (Å²) >= 11 is 0. The fraction of sp³-hybridized carbons (Fsp3) is 0. The van der Waals surface area contributed by atoms with Crippen molar-refractivity contribution in [2.24, 2.45) is 0 Å². The Morgan fingerprint density at radius 2 is 1.80 bits per heavy atom. The zero-order valence-electron chi connectivity index (χ0n) is 2.21. The normalized spacial score (nSPS) is 4.80. The molecule has 5 heavy (non-hydrogen) atoms. The smallest absolute Gasteiger partial charge is 0.291 e. The molecule has 0 atom stereocenters. The van der Waals surface area contributed by atoms with E-state index in [1.165, 1.54) is 0 Å². The second-order valence-electron chi connectivity index (χ2n) is 0.238. The Bertz CT molecular complexity index is 29.9. The average molecular weight is 242 g/mol. The van der Waals surface area contributed by atoms with Gasteiger partial charge in [-0.1, -0.05) is 0 Å². The number of hydrogen-bond donors (Lipinski definition) is 1. The molecule has 0 heterocycles. The molecule has 5 heteroatoms. The predicted octanol–water partition coefficient (Wildman–Crippen LogP) is -0.350. The molecule has 0 rings (SSSR count). The van der Waals surface area contributed by atoms with Gasteiger partial charge < -0.3 is 5.21 Å². The Balaban J connectivity index is 0. The summed E-state index contributed by atoms with van der Waals surface area (Å²) in [4.78, 5) is 8.36. The van der Waals surface area contributed by atoms with Crippen molar-refractivity contribution in [3.63, 3.8) is 0 Å². The number of nitrogens with zero attached hydrogens (tertiary/aromatic N) is 1. The minimum absolute atomic E-state index is 0. The van der Waals surface area contributed by atoms with Crippen molar-refractivity contribution in [1.82, 2.24) is 0 Å². The SMILES string of the molecule is O=[N+]([O-])O.[Hf]. The Morgan fingerprint density at radius 1 is 1.80 bits per heavy atom. The molecule has 0 spiro atoms. The molecule has 0 saturated carbocycles. The van der Waals surface area contributed by atoms with E-state index in [1.807, 2.05) is 0 Å². The molecule has 0 amide bonds. The molecule has 0 fully saturated rings. The van der Waals surface area contributed by atoms with Crippen LogP contribution in [0.1, 0.15) is 0 Å². The standard InChI is InChI=1S/Hf.HNO3/c;2-1(3)4/h;(H,2,3,4). The van der Waals surface area contributed by atoms with Gasteiger partial charge in [0.25, 0.3) is 5.09 Å². The summed E-state index contributed by atoms with van der Waals surface area (Å²) < 4.78 is 0. The summed E-state index contributed by atoms with van der Waals surface area (Å²) in [6.45, 7) is 0. The molecule has 0 aliphatic rings. The monoisotopic (exact) mass is 243 g/mol. The van der Waals surface area contributed by atoms with Crippen LogP contribution in [0, 0.1) is 10.1 Å². The second kappa shape index (κ2) is 4.07. The first-order chi connectivity index (χ1) is 1.73. The van der Waals surface area contributed by atoms with Gasteiger partial charge in [-0.05, 0) is 0 Å². The van der Waals surface area contributed by atoms with Crippen LogP contribution in [0.5, 0.6) is 0 Å². The van der Waals surface area contributed by atoms with Crippen molar-refractivity contribution in [3.8, 4) is 0 Å². The van der Waals surface area contributed by atoms with E-state index in [-0.39, 0.29) is 25.8 Å². The molecule has 1 N–H and O–H groups in total. The quantitative estimate of drug-likeness (QED) is 0.358. The topological polar surface area (TPSA) is 63.4 Å². The molecule has 0 aromatic carbocycles. The molecule has 28 valence electrons. The van der Waals surface area contributed by atoms with Crippen molar-refractivity contribution in [3.05, 3.63) is 10.1 Å². The number of hydrogen-bond acceptors (Lipinski definition) is 2. The third-order valence-corrected chi connectivity index (χ3v) is 0. The predicted molar refractivity (Wildman–Crippen MR) is 8.78 cm³/mol. The summed E-state index contributed by atoms with van der Waals surface area (Å²) in [6.07, 6.45) is 0. The fourth-order valence-corrected chi connectivity index (χ4v) is 0. The van der Waals surface area contributed by atoms with Crippen molar-refractivity contribution >= 4 is 0 Å². The molecule has 0 aliphatic carbocycles. The first-order valence-electron chi connectivity index (χ1n) is 0.565. The van der Waals surface area contributed by atoms with Crippen LogP contribution in [0.25, 0.3) is 0 Å². The van der Waals surface area contributed by atoms with E-state index in [4.69, 9.17) is 15.3 Å². The summed E-state index contributed by atoms with van der Waals surface area (Å²) in [5.41, 5.74) is 0. The maximum absolute atomic E-state index is 8.36. The average Bonchev–Trinajstić information content (AvgIpc) is 0.811.